The number of nitrogens with one attached hydrogen (secondary N) is 1. The average Bonchev–Trinajstić information content (AvgIpc) is 2.40. The van der Waals surface area contributed by atoms with Gasteiger partial charge >= 0.3 is 0 Å². The lowest BCUT2D eigenvalue weighted by molar-refractivity contribution is 0.405. The van der Waals surface area contributed by atoms with E-state index < -0.39 is 0 Å². The number of ether oxygens (including phenoxy) is 1. The third-order valence-corrected chi connectivity index (χ3v) is 4.03. The molecule has 3 N–H and O–H groups in total. The summed E-state index contributed by atoms with van der Waals surface area (Å²) < 4.78 is 5.49. The first-order valence-corrected chi connectivity index (χ1v) is 6.98. The molecule has 0 saturated heterocycles. The first-order valence-electron chi connectivity index (χ1n) is 6.98. The number of methoxy groups -OCH3 is 1. The molecule has 0 aliphatic rings. The summed E-state index contributed by atoms with van der Waals surface area (Å²) in [6.07, 6.45) is 1.05. The molecule has 0 radical (unpaired) electrons. The SMILES string of the molecule is CNC(CC(C)CN)c1cc(C)c(OC)c(C)c1C. The Morgan fingerprint density at radius 3 is 2.37 bits per heavy atom. The van der Waals surface area contributed by atoms with E-state index in [2.05, 4.69) is 39.1 Å². The van der Waals surface area contributed by atoms with Gasteiger partial charge < -0.3 is 15.8 Å². The van der Waals surface area contributed by atoms with Crippen molar-refractivity contribution in [1.29, 1.82) is 0 Å². The van der Waals surface area contributed by atoms with Gasteiger partial charge in [0.25, 0.3) is 0 Å². The van der Waals surface area contributed by atoms with E-state index in [0.717, 1.165) is 18.7 Å². The van der Waals surface area contributed by atoms with Crippen LogP contribution in [0.25, 0.3) is 0 Å². The summed E-state index contributed by atoms with van der Waals surface area (Å²) in [6.45, 7) is 9.33. The Morgan fingerprint density at radius 2 is 1.89 bits per heavy atom. The lowest BCUT2D eigenvalue weighted by Crippen LogP contribution is -2.23. The summed E-state index contributed by atoms with van der Waals surface area (Å²) >= 11 is 0. The minimum atomic E-state index is 0.349. The van der Waals surface area contributed by atoms with Crippen LogP contribution in [0.15, 0.2) is 6.07 Å². The van der Waals surface area contributed by atoms with Crippen molar-refractivity contribution >= 4 is 0 Å². The lowest BCUT2D eigenvalue weighted by atomic mass is 9.89. The highest BCUT2D eigenvalue weighted by Gasteiger charge is 2.18. The van der Waals surface area contributed by atoms with E-state index in [0.29, 0.717) is 12.0 Å². The van der Waals surface area contributed by atoms with Gasteiger partial charge in [-0.05, 0) is 69.0 Å². The molecule has 1 aromatic rings. The second-order valence-corrected chi connectivity index (χ2v) is 5.48. The van der Waals surface area contributed by atoms with Crippen molar-refractivity contribution in [2.24, 2.45) is 11.7 Å². The molecule has 19 heavy (non-hydrogen) atoms. The van der Waals surface area contributed by atoms with E-state index in [1.165, 1.54) is 22.3 Å². The van der Waals surface area contributed by atoms with Gasteiger partial charge in [0.2, 0.25) is 0 Å². The quantitative estimate of drug-likeness (QED) is 0.830. The maximum atomic E-state index is 5.75. The van der Waals surface area contributed by atoms with Crippen LogP contribution < -0.4 is 15.8 Å². The van der Waals surface area contributed by atoms with Crippen LogP contribution in [0, 0.1) is 26.7 Å². The average molecular weight is 264 g/mol. The zero-order valence-corrected chi connectivity index (χ0v) is 13.1. The maximum absolute atomic E-state index is 5.75. The Morgan fingerprint density at radius 1 is 1.26 bits per heavy atom. The Hall–Kier alpha value is -1.06. The second kappa shape index (κ2) is 6.92. The van der Waals surface area contributed by atoms with Gasteiger partial charge in [-0.3, -0.25) is 0 Å². The van der Waals surface area contributed by atoms with Crippen LogP contribution in [0.5, 0.6) is 5.75 Å². The molecule has 2 unspecified atom stereocenters. The molecule has 1 aromatic carbocycles. The maximum Gasteiger partial charge on any atom is 0.124 e. The minimum absolute atomic E-state index is 0.349. The first-order chi connectivity index (χ1) is 8.96. The van der Waals surface area contributed by atoms with Crippen LogP contribution in [0.3, 0.4) is 0 Å². The van der Waals surface area contributed by atoms with E-state index in [9.17, 15) is 0 Å². The summed E-state index contributed by atoms with van der Waals surface area (Å²) in [6, 6.07) is 2.59. The predicted molar refractivity (Wildman–Crippen MR) is 81.8 cm³/mol. The number of aryl methyl sites for hydroxylation is 1. The molecule has 108 valence electrons. The molecule has 0 aromatic heterocycles. The van der Waals surface area contributed by atoms with Gasteiger partial charge in [0.1, 0.15) is 5.75 Å². The van der Waals surface area contributed by atoms with Crippen LogP contribution in [-0.2, 0) is 0 Å². The molecule has 0 aliphatic carbocycles. The highest BCUT2D eigenvalue weighted by atomic mass is 16.5. The van der Waals surface area contributed by atoms with Crippen LogP contribution >= 0.6 is 0 Å². The van der Waals surface area contributed by atoms with E-state index in [-0.39, 0.29) is 0 Å². The lowest BCUT2D eigenvalue weighted by Gasteiger charge is -2.24. The molecule has 0 fully saturated rings. The summed E-state index contributed by atoms with van der Waals surface area (Å²) in [4.78, 5) is 0. The van der Waals surface area contributed by atoms with Crippen LogP contribution in [0.4, 0.5) is 0 Å². The molecule has 0 saturated carbocycles. The predicted octanol–water partition coefficient (Wildman–Crippen LogP) is 2.87. The van der Waals surface area contributed by atoms with Gasteiger partial charge in [-0.2, -0.15) is 0 Å². The minimum Gasteiger partial charge on any atom is -0.496 e. The molecule has 3 heteroatoms. The largest absolute Gasteiger partial charge is 0.496 e. The Balaban J connectivity index is 3.18. The van der Waals surface area contributed by atoms with Crippen molar-refractivity contribution in [3.8, 4) is 5.75 Å². The van der Waals surface area contributed by atoms with Gasteiger partial charge in [0, 0.05) is 6.04 Å². The van der Waals surface area contributed by atoms with Gasteiger partial charge in [-0.15, -0.1) is 0 Å². The molecule has 0 amide bonds. The Kier molecular flexibility index (Phi) is 5.83. The van der Waals surface area contributed by atoms with Crippen molar-refractivity contribution in [2.45, 2.75) is 40.2 Å². The fraction of sp³-hybridized carbons (Fsp3) is 0.625. The number of rotatable bonds is 6. The molecule has 2 atom stereocenters. The molecule has 1 rings (SSSR count). The van der Waals surface area contributed by atoms with Crippen molar-refractivity contribution < 1.29 is 4.74 Å². The van der Waals surface area contributed by atoms with Crippen LogP contribution in [0.2, 0.25) is 0 Å². The van der Waals surface area contributed by atoms with Gasteiger partial charge in [0.15, 0.2) is 0 Å². The number of hydrogen-bond donors (Lipinski definition) is 2. The zero-order chi connectivity index (χ0) is 14.6. The summed E-state index contributed by atoms with van der Waals surface area (Å²) in [5, 5.41) is 3.42. The molecule has 0 heterocycles. The standard InChI is InChI=1S/C16H28N2O/c1-10(9-17)7-15(18-5)14-8-11(2)16(19-6)13(4)12(14)3/h8,10,15,18H,7,9,17H2,1-6H3. The van der Waals surface area contributed by atoms with E-state index in [1.807, 2.05) is 7.05 Å². The number of hydrogen-bond acceptors (Lipinski definition) is 3. The topological polar surface area (TPSA) is 47.3 Å². The monoisotopic (exact) mass is 264 g/mol. The third kappa shape index (κ3) is 3.48. The van der Waals surface area contributed by atoms with Crippen LogP contribution in [-0.4, -0.2) is 20.7 Å². The zero-order valence-electron chi connectivity index (χ0n) is 13.1. The molecular weight excluding hydrogens is 236 g/mol. The summed E-state index contributed by atoms with van der Waals surface area (Å²) in [7, 11) is 3.75. The van der Waals surface area contributed by atoms with Gasteiger partial charge in [-0.1, -0.05) is 13.0 Å². The van der Waals surface area contributed by atoms with Crippen molar-refractivity contribution in [3.63, 3.8) is 0 Å². The van der Waals surface area contributed by atoms with E-state index in [1.54, 1.807) is 7.11 Å². The van der Waals surface area contributed by atoms with Crippen molar-refractivity contribution in [2.75, 3.05) is 20.7 Å². The number of nitrogens with two attached hydrogens (primary N) is 1. The Bertz CT molecular complexity index is 429. The Labute approximate surface area is 117 Å². The van der Waals surface area contributed by atoms with E-state index in [4.69, 9.17) is 10.5 Å². The molecule has 0 bridgehead atoms. The second-order valence-electron chi connectivity index (χ2n) is 5.48. The summed E-state index contributed by atoms with van der Waals surface area (Å²) in [5.41, 5.74) is 10.8. The van der Waals surface area contributed by atoms with Crippen molar-refractivity contribution in [3.05, 3.63) is 28.3 Å². The van der Waals surface area contributed by atoms with Gasteiger partial charge in [-0.25, -0.2) is 0 Å². The normalized spacial score (nSPS) is 14.3. The molecule has 0 spiro atoms. The van der Waals surface area contributed by atoms with Crippen LogP contribution in [0.1, 0.15) is 41.6 Å². The molecule has 3 nitrogen and oxygen atoms in total. The van der Waals surface area contributed by atoms with Gasteiger partial charge in [0.05, 0.1) is 7.11 Å². The fourth-order valence-corrected chi connectivity index (χ4v) is 2.66. The number of benzene rings is 1. The molecule has 0 aliphatic heterocycles. The van der Waals surface area contributed by atoms with E-state index >= 15 is 0 Å². The molecular formula is C16H28N2O. The highest BCUT2D eigenvalue weighted by molar-refractivity contribution is 5.50. The first kappa shape index (κ1) is 16.0. The smallest absolute Gasteiger partial charge is 0.124 e. The fourth-order valence-electron chi connectivity index (χ4n) is 2.66. The highest BCUT2D eigenvalue weighted by Crippen LogP contribution is 2.33. The van der Waals surface area contributed by atoms with Crippen molar-refractivity contribution in [1.82, 2.24) is 5.32 Å². The third-order valence-electron chi connectivity index (χ3n) is 4.03. The summed E-state index contributed by atoms with van der Waals surface area (Å²) in [5.74, 6) is 1.52.